The third kappa shape index (κ3) is 3.70. The Bertz CT molecular complexity index is 515. The summed E-state index contributed by atoms with van der Waals surface area (Å²) in [6.45, 7) is 0.229. The van der Waals surface area contributed by atoms with Crippen LogP contribution >= 0.6 is 15.9 Å². The summed E-state index contributed by atoms with van der Waals surface area (Å²) in [7, 11) is 0. The van der Waals surface area contributed by atoms with Crippen molar-refractivity contribution < 1.29 is 14.7 Å². The minimum Gasteiger partial charge on any atom is -0.480 e. The molecule has 1 aliphatic rings. The van der Waals surface area contributed by atoms with Crippen LogP contribution in [0.25, 0.3) is 0 Å². The molecular formula is C13H15BrN2O3. The van der Waals surface area contributed by atoms with Crippen LogP contribution in [0.15, 0.2) is 22.7 Å². The van der Waals surface area contributed by atoms with Gasteiger partial charge in [0.05, 0.1) is 0 Å². The van der Waals surface area contributed by atoms with Crippen molar-refractivity contribution in [2.24, 2.45) is 5.92 Å². The molecule has 2 rings (SSSR count). The molecule has 0 atom stereocenters. The number of halogens is 1. The molecule has 1 aromatic carbocycles. The van der Waals surface area contributed by atoms with Gasteiger partial charge in [-0.15, -0.1) is 0 Å². The molecule has 6 heteroatoms. The molecule has 0 aliphatic heterocycles. The van der Waals surface area contributed by atoms with Crippen molar-refractivity contribution in [1.82, 2.24) is 4.90 Å². The van der Waals surface area contributed by atoms with E-state index >= 15 is 0 Å². The Morgan fingerprint density at radius 1 is 1.42 bits per heavy atom. The Balaban J connectivity index is 2.16. The number of carbonyl (C=O) groups is 2. The first kappa shape index (κ1) is 13.9. The van der Waals surface area contributed by atoms with Crippen molar-refractivity contribution in [3.05, 3.63) is 28.2 Å². The van der Waals surface area contributed by atoms with Crippen molar-refractivity contribution in [3.63, 3.8) is 0 Å². The third-order valence-electron chi connectivity index (χ3n) is 3.03. The van der Waals surface area contributed by atoms with Gasteiger partial charge in [0.1, 0.15) is 6.54 Å². The Morgan fingerprint density at radius 3 is 2.63 bits per heavy atom. The number of rotatable bonds is 5. The van der Waals surface area contributed by atoms with Gasteiger partial charge in [0.2, 0.25) is 0 Å². The van der Waals surface area contributed by atoms with Crippen LogP contribution in [0.1, 0.15) is 23.2 Å². The second kappa shape index (κ2) is 5.61. The van der Waals surface area contributed by atoms with E-state index in [1.807, 2.05) is 0 Å². The van der Waals surface area contributed by atoms with E-state index in [1.54, 1.807) is 18.2 Å². The second-order valence-corrected chi connectivity index (χ2v) is 5.61. The maximum Gasteiger partial charge on any atom is 0.323 e. The van der Waals surface area contributed by atoms with Crippen LogP contribution in [-0.2, 0) is 4.79 Å². The van der Waals surface area contributed by atoms with Gasteiger partial charge in [-0.2, -0.15) is 0 Å². The first-order valence-electron chi connectivity index (χ1n) is 6.03. The van der Waals surface area contributed by atoms with Gasteiger partial charge in [-0.3, -0.25) is 9.59 Å². The van der Waals surface area contributed by atoms with Crippen molar-refractivity contribution in [1.29, 1.82) is 0 Å². The number of nitrogens with two attached hydrogens (primary N) is 1. The molecule has 1 saturated carbocycles. The van der Waals surface area contributed by atoms with Crippen LogP contribution in [-0.4, -0.2) is 35.0 Å². The molecule has 1 aliphatic carbocycles. The van der Waals surface area contributed by atoms with Crippen LogP contribution in [0.5, 0.6) is 0 Å². The number of nitrogens with zero attached hydrogens (tertiary/aromatic N) is 1. The topological polar surface area (TPSA) is 83.6 Å². The lowest BCUT2D eigenvalue weighted by molar-refractivity contribution is -0.137. The van der Waals surface area contributed by atoms with Crippen molar-refractivity contribution in [2.45, 2.75) is 12.8 Å². The quantitative estimate of drug-likeness (QED) is 0.810. The summed E-state index contributed by atoms with van der Waals surface area (Å²) >= 11 is 3.26. The molecule has 102 valence electrons. The fourth-order valence-corrected chi connectivity index (χ4v) is 2.10. The molecule has 1 fully saturated rings. The highest BCUT2D eigenvalue weighted by atomic mass is 79.9. The zero-order valence-electron chi connectivity index (χ0n) is 10.3. The van der Waals surface area contributed by atoms with E-state index in [9.17, 15) is 9.59 Å². The minimum absolute atomic E-state index is 0.273. The van der Waals surface area contributed by atoms with Crippen molar-refractivity contribution in [2.75, 3.05) is 18.8 Å². The summed E-state index contributed by atoms with van der Waals surface area (Å²) in [5.41, 5.74) is 6.62. The Labute approximate surface area is 119 Å². The Morgan fingerprint density at radius 2 is 2.11 bits per heavy atom. The summed E-state index contributed by atoms with van der Waals surface area (Å²) in [5, 5.41) is 8.89. The number of hydrogen-bond acceptors (Lipinski definition) is 3. The van der Waals surface area contributed by atoms with Crippen LogP contribution in [0.2, 0.25) is 0 Å². The molecule has 1 amide bonds. The number of amides is 1. The number of aliphatic carboxylic acids is 1. The standard InChI is InChI=1S/C13H15BrN2O3/c14-10-4-3-9(5-11(10)15)13(19)16(7-12(17)18)6-8-1-2-8/h3-5,8H,1-2,6-7,15H2,(H,17,18). The molecule has 0 aromatic heterocycles. The predicted octanol–water partition coefficient (Wildman–Crippen LogP) is 1.97. The molecule has 0 unspecified atom stereocenters. The first-order valence-corrected chi connectivity index (χ1v) is 6.82. The molecule has 1 aromatic rings. The maximum atomic E-state index is 12.3. The zero-order chi connectivity index (χ0) is 14.0. The fraction of sp³-hybridized carbons (Fsp3) is 0.385. The van der Waals surface area contributed by atoms with Crippen LogP contribution in [0.4, 0.5) is 5.69 Å². The number of benzene rings is 1. The van der Waals surface area contributed by atoms with E-state index in [4.69, 9.17) is 10.8 Å². The Hall–Kier alpha value is -1.56. The highest BCUT2D eigenvalue weighted by molar-refractivity contribution is 9.10. The largest absolute Gasteiger partial charge is 0.480 e. The van der Waals surface area contributed by atoms with E-state index in [1.165, 1.54) is 4.90 Å². The fourth-order valence-electron chi connectivity index (χ4n) is 1.85. The highest BCUT2D eigenvalue weighted by Crippen LogP contribution is 2.30. The van der Waals surface area contributed by atoms with Gasteiger partial charge in [0.25, 0.3) is 5.91 Å². The van der Waals surface area contributed by atoms with E-state index in [2.05, 4.69) is 15.9 Å². The second-order valence-electron chi connectivity index (χ2n) is 4.76. The van der Waals surface area contributed by atoms with Crippen LogP contribution in [0.3, 0.4) is 0 Å². The number of carboxylic acid groups (broad SMARTS) is 1. The number of carbonyl (C=O) groups excluding carboxylic acids is 1. The van der Waals surface area contributed by atoms with Crippen molar-refractivity contribution >= 4 is 33.5 Å². The average Bonchev–Trinajstić information content (AvgIpc) is 3.14. The molecule has 0 heterocycles. The normalized spacial score (nSPS) is 14.2. The van der Waals surface area contributed by atoms with E-state index in [-0.39, 0.29) is 12.5 Å². The van der Waals surface area contributed by atoms with Gasteiger partial charge in [-0.25, -0.2) is 0 Å². The highest BCUT2D eigenvalue weighted by Gasteiger charge is 2.28. The van der Waals surface area contributed by atoms with E-state index in [0.717, 1.165) is 17.3 Å². The molecule has 0 bridgehead atoms. The average molecular weight is 327 g/mol. The SMILES string of the molecule is Nc1cc(C(=O)N(CC(=O)O)CC2CC2)ccc1Br. The van der Waals surface area contributed by atoms with Crippen molar-refractivity contribution in [3.8, 4) is 0 Å². The summed E-state index contributed by atoms with van der Waals surface area (Å²) in [6, 6.07) is 4.90. The Kier molecular flexibility index (Phi) is 4.09. The molecule has 5 nitrogen and oxygen atoms in total. The monoisotopic (exact) mass is 326 g/mol. The predicted molar refractivity (Wildman–Crippen MR) is 74.8 cm³/mol. The maximum absolute atomic E-state index is 12.3. The zero-order valence-corrected chi connectivity index (χ0v) is 11.9. The molecule has 19 heavy (non-hydrogen) atoms. The molecule has 0 spiro atoms. The molecule has 0 saturated heterocycles. The van der Waals surface area contributed by atoms with Crippen LogP contribution in [0, 0.1) is 5.92 Å². The smallest absolute Gasteiger partial charge is 0.323 e. The van der Waals surface area contributed by atoms with E-state index < -0.39 is 5.97 Å². The number of hydrogen-bond donors (Lipinski definition) is 2. The molecule has 0 radical (unpaired) electrons. The first-order chi connectivity index (χ1) is 8.97. The number of carboxylic acids is 1. The number of nitrogen functional groups attached to an aromatic ring is 1. The lowest BCUT2D eigenvalue weighted by Crippen LogP contribution is -2.37. The van der Waals surface area contributed by atoms with Gasteiger partial charge in [-0.1, -0.05) is 0 Å². The van der Waals surface area contributed by atoms with Gasteiger partial charge in [-0.05, 0) is 52.9 Å². The third-order valence-corrected chi connectivity index (χ3v) is 3.75. The van der Waals surface area contributed by atoms with E-state index in [0.29, 0.717) is 23.7 Å². The summed E-state index contributed by atoms with van der Waals surface area (Å²) in [6.07, 6.45) is 2.12. The minimum atomic E-state index is -1.00. The van der Waals surface area contributed by atoms with Gasteiger partial charge >= 0.3 is 5.97 Å². The summed E-state index contributed by atoms with van der Waals surface area (Å²) in [4.78, 5) is 24.5. The number of anilines is 1. The summed E-state index contributed by atoms with van der Waals surface area (Å²) in [5.74, 6) is -0.844. The summed E-state index contributed by atoms with van der Waals surface area (Å²) < 4.78 is 0.719. The van der Waals surface area contributed by atoms with Gasteiger partial charge in [0, 0.05) is 22.3 Å². The van der Waals surface area contributed by atoms with Gasteiger partial charge < -0.3 is 15.7 Å². The van der Waals surface area contributed by atoms with Crippen LogP contribution < -0.4 is 5.73 Å². The molecular weight excluding hydrogens is 312 g/mol. The molecule has 3 N–H and O–H groups in total. The lowest BCUT2D eigenvalue weighted by atomic mass is 10.1. The lowest BCUT2D eigenvalue weighted by Gasteiger charge is -2.20. The van der Waals surface area contributed by atoms with Gasteiger partial charge in [0.15, 0.2) is 0 Å².